The van der Waals surface area contributed by atoms with Crippen LogP contribution < -0.4 is 5.32 Å². The maximum atomic E-state index is 12.9. The van der Waals surface area contributed by atoms with Crippen LogP contribution in [0.25, 0.3) is 0 Å². The summed E-state index contributed by atoms with van der Waals surface area (Å²) in [6, 6.07) is 0. The van der Waals surface area contributed by atoms with Gasteiger partial charge in [0.1, 0.15) is 0 Å². The second-order valence-electron chi connectivity index (χ2n) is 5.60. The molecule has 1 unspecified atom stereocenters. The molecule has 0 aromatic carbocycles. The van der Waals surface area contributed by atoms with Crippen molar-refractivity contribution < 1.29 is 4.79 Å². The lowest BCUT2D eigenvalue weighted by Gasteiger charge is -2.40. The third kappa shape index (κ3) is 3.71. The third-order valence-corrected chi connectivity index (χ3v) is 3.93. The largest absolute Gasteiger partial charge is 0.342 e. The van der Waals surface area contributed by atoms with Gasteiger partial charge in [-0.05, 0) is 38.6 Å². The van der Waals surface area contributed by atoms with Gasteiger partial charge in [0.05, 0.1) is 5.41 Å². The molecule has 1 rings (SSSR count). The fraction of sp³-hybridized carbons (Fsp3) is 0.933. The summed E-state index contributed by atoms with van der Waals surface area (Å²) < 4.78 is 0. The molecule has 1 heterocycles. The molecule has 1 amide bonds. The van der Waals surface area contributed by atoms with E-state index in [-0.39, 0.29) is 5.41 Å². The van der Waals surface area contributed by atoms with Gasteiger partial charge in [-0.3, -0.25) is 4.79 Å². The zero-order valence-corrected chi connectivity index (χ0v) is 12.4. The maximum Gasteiger partial charge on any atom is 0.230 e. The van der Waals surface area contributed by atoms with Gasteiger partial charge in [-0.25, -0.2) is 0 Å². The van der Waals surface area contributed by atoms with Crippen LogP contribution in [0.2, 0.25) is 0 Å². The third-order valence-electron chi connectivity index (χ3n) is 3.93. The molecular weight excluding hydrogens is 224 g/mol. The molecular formula is C15H30N2O. The smallest absolute Gasteiger partial charge is 0.230 e. The van der Waals surface area contributed by atoms with E-state index in [1.54, 1.807) is 0 Å². The number of amides is 1. The van der Waals surface area contributed by atoms with E-state index in [4.69, 9.17) is 0 Å². The molecule has 1 saturated heterocycles. The van der Waals surface area contributed by atoms with Crippen LogP contribution in [0.5, 0.6) is 0 Å². The van der Waals surface area contributed by atoms with E-state index in [2.05, 4.69) is 31.0 Å². The number of nitrogens with zero attached hydrogens (tertiary/aromatic N) is 1. The summed E-state index contributed by atoms with van der Waals surface area (Å²) >= 11 is 0. The number of hydrogen-bond donors (Lipinski definition) is 1. The first kappa shape index (κ1) is 15.5. The molecule has 0 aromatic heterocycles. The molecule has 18 heavy (non-hydrogen) atoms. The van der Waals surface area contributed by atoms with Crippen LogP contribution in [0.1, 0.15) is 59.3 Å². The molecule has 1 atom stereocenters. The zero-order chi connectivity index (χ0) is 13.4. The van der Waals surface area contributed by atoms with E-state index in [1.807, 2.05) is 0 Å². The van der Waals surface area contributed by atoms with Gasteiger partial charge in [0.15, 0.2) is 0 Å². The van der Waals surface area contributed by atoms with Gasteiger partial charge in [0, 0.05) is 19.6 Å². The fourth-order valence-electron chi connectivity index (χ4n) is 3.14. The highest BCUT2D eigenvalue weighted by Crippen LogP contribution is 2.34. The normalized spacial score (nSPS) is 23.9. The predicted molar refractivity (Wildman–Crippen MR) is 76.6 cm³/mol. The molecule has 1 aliphatic rings. The average molecular weight is 254 g/mol. The highest BCUT2D eigenvalue weighted by Gasteiger charge is 2.40. The first-order valence-electron chi connectivity index (χ1n) is 7.70. The lowest BCUT2D eigenvalue weighted by molar-refractivity contribution is -0.144. The summed E-state index contributed by atoms with van der Waals surface area (Å²) in [7, 11) is 0. The molecule has 1 aliphatic heterocycles. The molecule has 106 valence electrons. The van der Waals surface area contributed by atoms with Crippen molar-refractivity contribution in [2.75, 3.05) is 26.2 Å². The van der Waals surface area contributed by atoms with E-state index in [0.717, 1.165) is 64.7 Å². The summed E-state index contributed by atoms with van der Waals surface area (Å²) in [5.41, 5.74) is -0.114. The van der Waals surface area contributed by atoms with Crippen molar-refractivity contribution in [2.24, 2.45) is 5.41 Å². The van der Waals surface area contributed by atoms with Crippen LogP contribution in [-0.4, -0.2) is 37.0 Å². The molecule has 1 fully saturated rings. The number of nitrogens with one attached hydrogen (secondary N) is 1. The van der Waals surface area contributed by atoms with Crippen LogP contribution in [-0.2, 0) is 4.79 Å². The van der Waals surface area contributed by atoms with Crippen molar-refractivity contribution in [1.82, 2.24) is 10.2 Å². The summed E-state index contributed by atoms with van der Waals surface area (Å²) in [5, 5.41) is 3.43. The number of hydrogen-bond acceptors (Lipinski definition) is 2. The minimum atomic E-state index is -0.114. The maximum absolute atomic E-state index is 12.9. The fourth-order valence-corrected chi connectivity index (χ4v) is 3.14. The monoisotopic (exact) mass is 254 g/mol. The first-order valence-corrected chi connectivity index (χ1v) is 7.70. The number of carbonyl (C=O) groups is 1. The zero-order valence-electron chi connectivity index (χ0n) is 12.4. The lowest BCUT2D eigenvalue weighted by Crippen LogP contribution is -2.52. The molecule has 0 aliphatic carbocycles. The Labute approximate surface area is 112 Å². The highest BCUT2D eigenvalue weighted by atomic mass is 16.2. The van der Waals surface area contributed by atoms with Crippen LogP contribution in [0.15, 0.2) is 0 Å². The molecule has 0 radical (unpaired) electrons. The SMILES string of the molecule is CCCN(CCC)C(=O)C1(CCC)CCCNC1. The number of rotatable bonds is 7. The van der Waals surface area contributed by atoms with Gasteiger partial charge in [-0.2, -0.15) is 0 Å². The van der Waals surface area contributed by atoms with Gasteiger partial charge in [-0.1, -0.05) is 27.2 Å². The van der Waals surface area contributed by atoms with Crippen LogP contribution >= 0.6 is 0 Å². The standard InChI is InChI=1S/C15H30N2O/c1-4-8-15(9-7-10-16-13-15)14(18)17(11-5-2)12-6-3/h16H,4-13H2,1-3H3. The molecule has 0 aromatic rings. The van der Waals surface area contributed by atoms with Crippen LogP contribution in [0.3, 0.4) is 0 Å². The molecule has 0 spiro atoms. The Morgan fingerprint density at radius 2 is 1.83 bits per heavy atom. The lowest BCUT2D eigenvalue weighted by atomic mass is 9.75. The van der Waals surface area contributed by atoms with Gasteiger partial charge >= 0.3 is 0 Å². The quantitative estimate of drug-likeness (QED) is 0.757. The second kappa shape index (κ2) is 7.78. The van der Waals surface area contributed by atoms with E-state index in [9.17, 15) is 4.79 Å². The molecule has 1 N–H and O–H groups in total. The van der Waals surface area contributed by atoms with Crippen molar-refractivity contribution in [3.63, 3.8) is 0 Å². The van der Waals surface area contributed by atoms with E-state index < -0.39 is 0 Å². The van der Waals surface area contributed by atoms with Crippen LogP contribution in [0.4, 0.5) is 0 Å². The Bertz CT molecular complexity index is 235. The summed E-state index contributed by atoms with van der Waals surface area (Å²) in [5.74, 6) is 0.403. The Kier molecular flexibility index (Phi) is 6.69. The summed E-state index contributed by atoms with van der Waals surface area (Å²) in [6.07, 6.45) is 6.44. The average Bonchev–Trinajstić information content (AvgIpc) is 2.39. The summed E-state index contributed by atoms with van der Waals surface area (Å²) in [6.45, 7) is 10.3. The van der Waals surface area contributed by atoms with Crippen molar-refractivity contribution in [3.05, 3.63) is 0 Å². The van der Waals surface area contributed by atoms with E-state index >= 15 is 0 Å². The second-order valence-corrected chi connectivity index (χ2v) is 5.60. The van der Waals surface area contributed by atoms with Gasteiger partial charge < -0.3 is 10.2 Å². The molecule has 0 saturated carbocycles. The van der Waals surface area contributed by atoms with Gasteiger partial charge in [-0.15, -0.1) is 0 Å². The predicted octanol–water partition coefficient (Wildman–Crippen LogP) is 2.80. The van der Waals surface area contributed by atoms with E-state index in [0.29, 0.717) is 5.91 Å². The minimum Gasteiger partial charge on any atom is -0.342 e. The van der Waals surface area contributed by atoms with Gasteiger partial charge in [0.2, 0.25) is 5.91 Å². The van der Waals surface area contributed by atoms with E-state index in [1.165, 1.54) is 0 Å². The molecule has 3 nitrogen and oxygen atoms in total. The minimum absolute atomic E-state index is 0.114. The Morgan fingerprint density at radius 3 is 2.28 bits per heavy atom. The Hall–Kier alpha value is -0.570. The topological polar surface area (TPSA) is 32.3 Å². The van der Waals surface area contributed by atoms with Crippen molar-refractivity contribution >= 4 is 5.91 Å². The molecule has 0 bridgehead atoms. The Balaban J connectivity index is 2.78. The van der Waals surface area contributed by atoms with Gasteiger partial charge in [0.25, 0.3) is 0 Å². The number of piperidine rings is 1. The van der Waals surface area contributed by atoms with Crippen molar-refractivity contribution in [1.29, 1.82) is 0 Å². The number of carbonyl (C=O) groups excluding carboxylic acids is 1. The highest BCUT2D eigenvalue weighted by molar-refractivity contribution is 5.83. The van der Waals surface area contributed by atoms with Crippen LogP contribution in [0, 0.1) is 5.41 Å². The van der Waals surface area contributed by atoms with Crippen molar-refractivity contribution in [2.45, 2.75) is 59.3 Å². The Morgan fingerprint density at radius 1 is 1.17 bits per heavy atom. The summed E-state index contributed by atoms with van der Waals surface area (Å²) in [4.78, 5) is 15.0. The molecule has 3 heteroatoms. The van der Waals surface area contributed by atoms with Crippen molar-refractivity contribution in [3.8, 4) is 0 Å². The first-order chi connectivity index (χ1) is 8.70.